The molecule has 0 saturated carbocycles. The molecule has 0 unspecified atom stereocenters. The number of aliphatic hydroxyl groups excluding tert-OH is 2. The number of hydrogen-bond donors (Lipinski definition) is 3. The lowest BCUT2D eigenvalue weighted by Gasteiger charge is -2.06. The smallest absolute Gasteiger partial charge is 0.0894 e. The molecule has 3 N–H and O–H groups in total. The van der Waals surface area contributed by atoms with Crippen LogP contribution in [-0.2, 0) is 0 Å². The first kappa shape index (κ1) is 9.17. The minimum atomic E-state index is -0.659. The minimum absolute atomic E-state index is 0.199. The van der Waals surface area contributed by atoms with Crippen LogP contribution in [0.25, 0.3) is 0 Å². The molecule has 0 fully saturated rings. The fourth-order valence-corrected chi connectivity index (χ4v) is 0.534. The predicted octanol–water partition coefficient (Wildman–Crippen LogP) is -0.832. The Bertz CT molecular complexity index is 62.9. The third kappa shape index (κ3) is 6.05. The van der Waals surface area contributed by atoms with Crippen molar-refractivity contribution in [2.24, 2.45) is 0 Å². The van der Waals surface area contributed by atoms with Gasteiger partial charge in [0.15, 0.2) is 0 Å². The number of aliphatic hydroxyl groups is 2. The van der Waals surface area contributed by atoms with Gasteiger partial charge in [-0.05, 0) is 0 Å². The maximum Gasteiger partial charge on any atom is 0.0894 e. The number of alkyl halides is 1. The molecule has 0 spiro atoms. The summed E-state index contributed by atoms with van der Waals surface area (Å²) in [6.45, 7) is 0.872. The summed E-state index contributed by atoms with van der Waals surface area (Å²) in [4.78, 5) is 0. The lowest BCUT2D eigenvalue weighted by atomic mass is 10.4. The van der Waals surface area contributed by atoms with Crippen molar-refractivity contribution in [3.8, 4) is 0 Å². The highest BCUT2D eigenvalue weighted by atomic mass is 35.5. The molecule has 0 aliphatic rings. The Morgan fingerprint density at radius 3 is 2.67 bits per heavy atom. The Hall–Kier alpha value is 0.170. The van der Waals surface area contributed by atoms with E-state index in [9.17, 15) is 0 Å². The van der Waals surface area contributed by atoms with E-state index in [0.717, 1.165) is 0 Å². The lowest BCUT2D eigenvalue weighted by Crippen LogP contribution is -2.30. The summed E-state index contributed by atoms with van der Waals surface area (Å²) in [5.41, 5.74) is 0. The topological polar surface area (TPSA) is 52.5 Å². The number of halogens is 1. The van der Waals surface area contributed by atoms with Gasteiger partial charge < -0.3 is 15.5 Å². The Kier molecular flexibility index (Phi) is 6.41. The zero-order valence-electron chi connectivity index (χ0n) is 5.18. The second-order valence-electron chi connectivity index (χ2n) is 1.73. The highest BCUT2D eigenvalue weighted by Crippen LogP contribution is 1.76. The Morgan fingerprint density at radius 2 is 2.22 bits per heavy atom. The average molecular weight is 154 g/mol. The molecular weight excluding hydrogens is 142 g/mol. The van der Waals surface area contributed by atoms with E-state index in [1.165, 1.54) is 0 Å². The van der Waals surface area contributed by atoms with Gasteiger partial charge in [0.2, 0.25) is 0 Å². The highest BCUT2D eigenvalue weighted by Gasteiger charge is 1.97. The summed E-state index contributed by atoms with van der Waals surface area (Å²) in [6, 6.07) is 0. The standard InChI is InChI=1S/C5H12ClNO2/c6-1-2-7-3-5(9)4-8/h5,7-9H,1-4H2/t5-/m1/s1. The largest absolute Gasteiger partial charge is 0.394 e. The molecule has 0 amide bonds. The maximum atomic E-state index is 8.73. The zero-order chi connectivity index (χ0) is 7.11. The van der Waals surface area contributed by atoms with Crippen LogP contribution in [0.4, 0.5) is 0 Å². The van der Waals surface area contributed by atoms with Gasteiger partial charge in [-0.25, -0.2) is 0 Å². The number of rotatable bonds is 5. The van der Waals surface area contributed by atoms with Crippen LogP contribution in [0.2, 0.25) is 0 Å². The van der Waals surface area contributed by atoms with E-state index in [1.807, 2.05) is 0 Å². The first-order valence-electron chi connectivity index (χ1n) is 2.87. The van der Waals surface area contributed by atoms with Crippen LogP contribution in [-0.4, -0.2) is 41.9 Å². The summed E-state index contributed by atoms with van der Waals surface area (Å²) in [5, 5.41) is 19.9. The van der Waals surface area contributed by atoms with Crippen molar-refractivity contribution in [3.63, 3.8) is 0 Å². The average Bonchev–Trinajstić information content (AvgIpc) is 1.89. The molecule has 56 valence electrons. The van der Waals surface area contributed by atoms with Crippen LogP contribution < -0.4 is 5.32 Å². The first-order valence-corrected chi connectivity index (χ1v) is 3.40. The monoisotopic (exact) mass is 153 g/mol. The van der Waals surface area contributed by atoms with Gasteiger partial charge in [0.05, 0.1) is 12.7 Å². The summed E-state index contributed by atoms with van der Waals surface area (Å²) in [7, 11) is 0. The summed E-state index contributed by atoms with van der Waals surface area (Å²) >= 11 is 5.32. The van der Waals surface area contributed by atoms with Gasteiger partial charge in [0, 0.05) is 19.0 Å². The number of hydrogen-bond acceptors (Lipinski definition) is 3. The van der Waals surface area contributed by atoms with E-state index in [4.69, 9.17) is 21.8 Å². The second kappa shape index (κ2) is 6.29. The maximum absolute atomic E-state index is 8.73. The molecule has 0 aromatic rings. The Labute approximate surface area is 59.6 Å². The van der Waals surface area contributed by atoms with Gasteiger partial charge in [-0.1, -0.05) is 0 Å². The van der Waals surface area contributed by atoms with Crippen LogP contribution in [0.5, 0.6) is 0 Å². The molecule has 9 heavy (non-hydrogen) atoms. The Morgan fingerprint density at radius 1 is 1.56 bits per heavy atom. The van der Waals surface area contributed by atoms with Crippen LogP contribution >= 0.6 is 11.6 Å². The summed E-state index contributed by atoms with van der Waals surface area (Å²) < 4.78 is 0. The van der Waals surface area contributed by atoms with E-state index < -0.39 is 6.10 Å². The molecule has 0 heterocycles. The van der Waals surface area contributed by atoms with Crippen molar-refractivity contribution in [2.75, 3.05) is 25.6 Å². The third-order valence-electron chi connectivity index (χ3n) is 0.862. The predicted molar refractivity (Wildman–Crippen MR) is 36.7 cm³/mol. The van der Waals surface area contributed by atoms with E-state index in [0.29, 0.717) is 19.0 Å². The van der Waals surface area contributed by atoms with Gasteiger partial charge in [-0.15, -0.1) is 11.6 Å². The molecule has 3 nitrogen and oxygen atoms in total. The second-order valence-corrected chi connectivity index (χ2v) is 2.11. The van der Waals surface area contributed by atoms with Gasteiger partial charge in [-0.3, -0.25) is 0 Å². The van der Waals surface area contributed by atoms with Gasteiger partial charge >= 0.3 is 0 Å². The normalized spacial score (nSPS) is 13.7. The van der Waals surface area contributed by atoms with Crippen molar-refractivity contribution in [1.29, 1.82) is 0 Å². The zero-order valence-corrected chi connectivity index (χ0v) is 5.93. The van der Waals surface area contributed by atoms with Crippen LogP contribution in [0, 0.1) is 0 Å². The molecule has 0 saturated heterocycles. The molecule has 0 aliphatic heterocycles. The van der Waals surface area contributed by atoms with Gasteiger partial charge in [0.25, 0.3) is 0 Å². The van der Waals surface area contributed by atoms with E-state index >= 15 is 0 Å². The van der Waals surface area contributed by atoms with Crippen molar-refractivity contribution < 1.29 is 10.2 Å². The molecule has 0 aromatic heterocycles. The highest BCUT2D eigenvalue weighted by molar-refractivity contribution is 6.18. The van der Waals surface area contributed by atoms with E-state index in [2.05, 4.69) is 5.32 Å². The van der Waals surface area contributed by atoms with Crippen molar-refractivity contribution in [2.45, 2.75) is 6.10 Å². The summed E-state index contributed by atoms with van der Waals surface area (Å²) in [6.07, 6.45) is -0.659. The van der Waals surface area contributed by atoms with E-state index in [1.54, 1.807) is 0 Å². The van der Waals surface area contributed by atoms with Crippen LogP contribution in [0.15, 0.2) is 0 Å². The van der Waals surface area contributed by atoms with E-state index in [-0.39, 0.29) is 6.61 Å². The van der Waals surface area contributed by atoms with Crippen LogP contribution in [0.1, 0.15) is 0 Å². The summed E-state index contributed by atoms with van der Waals surface area (Å²) in [5.74, 6) is 0.526. The third-order valence-corrected chi connectivity index (χ3v) is 1.05. The molecule has 1 atom stereocenters. The molecular formula is C5H12ClNO2. The first-order chi connectivity index (χ1) is 4.31. The molecule has 0 aromatic carbocycles. The molecule has 0 rings (SSSR count). The molecule has 0 aliphatic carbocycles. The van der Waals surface area contributed by atoms with Crippen LogP contribution in [0.3, 0.4) is 0 Å². The number of nitrogens with one attached hydrogen (secondary N) is 1. The lowest BCUT2D eigenvalue weighted by molar-refractivity contribution is 0.0950. The van der Waals surface area contributed by atoms with Crippen molar-refractivity contribution in [1.82, 2.24) is 5.32 Å². The fourth-order valence-electron chi connectivity index (χ4n) is 0.400. The van der Waals surface area contributed by atoms with Gasteiger partial charge in [0.1, 0.15) is 0 Å². The Balaban J connectivity index is 2.88. The van der Waals surface area contributed by atoms with Gasteiger partial charge in [-0.2, -0.15) is 0 Å². The minimum Gasteiger partial charge on any atom is -0.394 e. The molecule has 0 bridgehead atoms. The van der Waals surface area contributed by atoms with Crippen molar-refractivity contribution in [3.05, 3.63) is 0 Å². The molecule has 4 heteroatoms. The SMILES string of the molecule is OC[C@H](O)CNCCCl. The van der Waals surface area contributed by atoms with Crippen molar-refractivity contribution >= 4 is 11.6 Å². The molecule has 0 radical (unpaired) electrons. The fraction of sp³-hybridized carbons (Fsp3) is 1.00. The quantitative estimate of drug-likeness (QED) is 0.357.